The van der Waals surface area contributed by atoms with E-state index in [4.69, 9.17) is 23.2 Å². The van der Waals surface area contributed by atoms with Crippen LogP contribution in [-0.4, -0.2) is 11.5 Å². The molecule has 0 aliphatic carbocycles. The van der Waals surface area contributed by atoms with Crippen LogP contribution in [0.4, 0.5) is 0 Å². The molecule has 1 fully saturated rings. The summed E-state index contributed by atoms with van der Waals surface area (Å²) < 4.78 is 0. The van der Waals surface area contributed by atoms with Crippen molar-refractivity contribution >= 4 is 23.2 Å². The first kappa shape index (κ1) is 12.9. The maximum absolute atomic E-state index is 6.25. The van der Waals surface area contributed by atoms with Gasteiger partial charge in [0.15, 0.2) is 0 Å². The van der Waals surface area contributed by atoms with Crippen LogP contribution in [0.1, 0.15) is 24.4 Å². The summed E-state index contributed by atoms with van der Waals surface area (Å²) in [5.74, 6) is 0. The van der Waals surface area contributed by atoms with Gasteiger partial charge >= 0.3 is 0 Å². The molecule has 0 amide bonds. The van der Waals surface area contributed by atoms with Crippen molar-refractivity contribution in [3.05, 3.63) is 52.3 Å². The van der Waals surface area contributed by atoms with Gasteiger partial charge in [-0.1, -0.05) is 29.3 Å². The molecule has 1 aliphatic heterocycles. The van der Waals surface area contributed by atoms with Gasteiger partial charge in [0.05, 0.1) is 0 Å². The zero-order valence-corrected chi connectivity index (χ0v) is 11.9. The summed E-state index contributed by atoms with van der Waals surface area (Å²) in [6.45, 7) is 1.08. The normalized spacial score (nSPS) is 18.7. The molecule has 1 aromatic carbocycles. The first-order chi connectivity index (χ1) is 9.24. The van der Waals surface area contributed by atoms with Crippen LogP contribution >= 0.6 is 23.2 Å². The lowest BCUT2D eigenvalue weighted by Crippen LogP contribution is -2.13. The maximum Gasteiger partial charge on any atom is 0.0499 e. The van der Waals surface area contributed by atoms with Crippen LogP contribution < -0.4 is 5.32 Å². The van der Waals surface area contributed by atoms with Gasteiger partial charge < -0.3 is 5.32 Å². The SMILES string of the molecule is Clc1ccc(-c2cncc(C3CCCN3)c2)c(Cl)c1. The zero-order valence-electron chi connectivity index (χ0n) is 10.4. The highest BCUT2D eigenvalue weighted by Gasteiger charge is 2.17. The summed E-state index contributed by atoms with van der Waals surface area (Å²) >= 11 is 12.2. The van der Waals surface area contributed by atoms with Gasteiger partial charge in [0.25, 0.3) is 0 Å². The quantitative estimate of drug-likeness (QED) is 0.883. The number of rotatable bonds is 2. The zero-order chi connectivity index (χ0) is 13.2. The van der Waals surface area contributed by atoms with Gasteiger partial charge in [-0.25, -0.2) is 0 Å². The van der Waals surface area contributed by atoms with Gasteiger partial charge in [0.1, 0.15) is 0 Å². The fraction of sp³-hybridized carbons (Fsp3) is 0.267. The van der Waals surface area contributed by atoms with E-state index in [2.05, 4.69) is 16.4 Å². The van der Waals surface area contributed by atoms with Crippen molar-refractivity contribution in [2.75, 3.05) is 6.54 Å². The summed E-state index contributed by atoms with van der Waals surface area (Å²) in [4.78, 5) is 4.34. The van der Waals surface area contributed by atoms with E-state index >= 15 is 0 Å². The van der Waals surface area contributed by atoms with E-state index in [9.17, 15) is 0 Å². The second kappa shape index (κ2) is 5.49. The minimum atomic E-state index is 0.415. The highest BCUT2D eigenvalue weighted by Crippen LogP contribution is 2.32. The second-order valence-corrected chi connectivity index (χ2v) is 5.62. The Bertz CT molecular complexity index is 592. The number of aromatic nitrogens is 1. The van der Waals surface area contributed by atoms with E-state index < -0.39 is 0 Å². The van der Waals surface area contributed by atoms with Crippen molar-refractivity contribution in [3.8, 4) is 11.1 Å². The van der Waals surface area contributed by atoms with E-state index in [-0.39, 0.29) is 0 Å². The number of nitrogens with zero attached hydrogens (tertiary/aromatic N) is 1. The fourth-order valence-electron chi connectivity index (χ4n) is 2.49. The molecule has 4 heteroatoms. The van der Waals surface area contributed by atoms with Crippen LogP contribution in [0.25, 0.3) is 11.1 Å². The first-order valence-corrected chi connectivity index (χ1v) is 7.13. The molecule has 2 aromatic rings. The van der Waals surface area contributed by atoms with Gasteiger partial charge in [0.2, 0.25) is 0 Å². The standard InChI is InChI=1S/C15H14Cl2N2/c16-12-3-4-13(14(17)7-12)10-6-11(9-18-8-10)15-2-1-5-19-15/h3-4,6-9,15,19H,1-2,5H2. The van der Waals surface area contributed by atoms with Crippen LogP contribution in [0.15, 0.2) is 36.7 Å². The molecule has 1 aromatic heterocycles. The van der Waals surface area contributed by atoms with Crippen molar-refractivity contribution < 1.29 is 0 Å². The average molecular weight is 293 g/mol. The van der Waals surface area contributed by atoms with Gasteiger partial charge in [-0.3, -0.25) is 4.98 Å². The summed E-state index contributed by atoms with van der Waals surface area (Å²) in [6, 6.07) is 8.12. The Morgan fingerprint density at radius 1 is 1.16 bits per heavy atom. The third kappa shape index (κ3) is 2.76. The van der Waals surface area contributed by atoms with Crippen molar-refractivity contribution in [1.82, 2.24) is 10.3 Å². The second-order valence-electron chi connectivity index (χ2n) is 4.78. The Balaban J connectivity index is 1.98. The lowest BCUT2D eigenvalue weighted by Gasteiger charge is -2.12. The largest absolute Gasteiger partial charge is 0.310 e. The Morgan fingerprint density at radius 2 is 2.05 bits per heavy atom. The summed E-state index contributed by atoms with van der Waals surface area (Å²) in [6.07, 6.45) is 6.15. The molecular formula is C15H14Cl2N2. The molecule has 0 spiro atoms. The van der Waals surface area contributed by atoms with Gasteiger partial charge in [-0.05, 0) is 43.1 Å². The van der Waals surface area contributed by atoms with E-state index in [1.54, 1.807) is 6.07 Å². The predicted molar refractivity (Wildman–Crippen MR) is 79.7 cm³/mol. The molecule has 2 nitrogen and oxygen atoms in total. The summed E-state index contributed by atoms with van der Waals surface area (Å²) in [5.41, 5.74) is 3.23. The lowest BCUT2D eigenvalue weighted by molar-refractivity contribution is 0.645. The fourth-order valence-corrected chi connectivity index (χ4v) is 3.01. The number of hydrogen-bond acceptors (Lipinski definition) is 2. The molecule has 1 aliphatic rings. The monoisotopic (exact) mass is 292 g/mol. The van der Waals surface area contributed by atoms with Crippen molar-refractivity contribution in [2.24, 2.45) is 0 Å². The molecule has 19 heavy (non-hydrogen) atoms. The van der Waals surface area contributed by atoms with Gasteiger partial charge in [0, 0.05) is 39.6 Å². The highest BCUT2D eigenvalue weighted by atomic mass is 35.5. The average Bonchev–Trinajstić information content (AvgIpc) is 2.93. The molecular weight excluding hydrogens is 279 g/mol. The number of pyridine rings is 1. The van der Waals surface area contributed by atoms with Crippen molar-refractivity contribution in [1.29, 1.82) is 0 Å². The smallest absolute Gasteiger partial charge is 0.0499 e. The molecule has 0 radical (unpaired) electrons. The van der Waals surface area contributed by atoms with Crippen LogP contribution in [0.2, 0.25) is 10.0 Å². The minimum absolute atomic E-state index is 0.415. The minimum Gasteiger partial charge on any atom is -0.310 e. The number of nitrogens with one attached hydrogen (secondary N) is 1. The number of benzene rings is 1. The van der Waals surface area contributed by atoms with E-state index in [1.807, 2.05) is 24.5 Å². The van der Waals surface area contributed by atoms with Crippen LogP contribution in [-0.2, 0) is 0 Å². The summed E-state index contributed by atoms with van der Waals surface area (Å²) in [7, 11) is 0. The predicted octanol–water partition coefficient (Wildman–Crippen LogP) is 4.48. The van der Waals surface area contributed by atoms with Crippen LogP contribution in [0.3, 0.4) is 0 Å². The van der Waals surface area contributed by atoms with E-state index in [0.29, 0.717) is 16.1 Å². The molecule has 0 bridgehead atoms. The summed E-state index contributed by atoms with van der Waals surface area (Å²) in [5, 5.41) is 4.79. The highest BCUT2D eigenvalue weighted by molar-refractivity contribution is 6.36. The molecule has 0 saturated carbocycles. The molecule has 98 valence electrons. The Hall–Kier alpha value is -1.09. The van der Waals surface area contributed by atoms with Gasteiger partial charge in [-0.2, -0.15) is 0 Å². The Morgan fingerprint density at radius 3 is 2.79 bits per heavy atom. The van der Waals surface area contributed by atoms with Crippen molar-refractivity contribution in [3.63, 3.8) is 0 Å². The Kier molecular flexibility index (Phi) is 3.74. The topological polar surface area (TPSA) is 24.9 Å². The van der Waals surface area contributed by atoms with Crippen molar-refractivity contribution in [2.45, 2.75) is 18.9 Å². The van der Waals surface area contributed by atoms with Crippen LogP contribution in [0, 0.1) is 0 Å². The molecule has 2 heterocycles. The van der Waals surface area contributed by atoms with E-state index in [0.717, 1.165) is 17.7 Å². The Labute approximate surface area is 122 Å². The maximum atomic E-state index is 6.25. The first-order valence-electron chi connectivity index (χ1n) is 6.38. The molecule has 3 rings (SSSR count). The molecule has 1 saturated heterocycles. The number of halogens is 2. The molecule has 1 N–H and O–H groups in total. The molecule has 1 unspecified atom stereocenters. The lowest BCUT2D eigenvalue weighted by atomic mass is 10.0. The third-order valence-electron chi connectivity index (χ3n) is 3.46. The van der Waals surface area contributed by atoms with Gasteiger partial charge in [-0.15, -0.1) is 0 Å². The molecule has 1 atom stereocenters. The third-order valence-corrected chi connectivity index (χ3v) is 4.01. The number of hydrogen-bond donors (Lipinski definition) is 1. The van der Waals surface area contributed by atoms with Crippen LogP contribution in [0.5, 0.6) is 0 Å². The van der Waals surface area contributed by atoms with E-state index in [1.165, 1.54) is 18.4 Å².